The lowest BCUT2D eigenvalue weighted by atomic mass is 9.89. The lowest BCUT2D eigenvalue weighted by Gasteiger charge is -2.36. The smallest absolute Gasteiger partial charge is 0.269 e. The maximum atomic E-state index is 12.7. The van der Waals surface area contributed by atoms with Crippen molar-refractivity contribution in [2.45, 2.75) is 19.3 Å². The number of non-ortho nitro benzene ring substituents is 1. The van der Waals surface area contributed by atoms with E-state index in [2.05, 4.69) is 10.2 Å². The molecule has 1 fully saturated rings. The van der Waals surface area contributed by atoms with Crippen LogP contribution in [0.5, 0.6) is 0 Å². The van der Waals surface area contributed by atoms with Crippen LogP contribution < -0.4 is 10.2 Å². The fourth-order valence-electron chi connectivity index (χ4n) is 4.10. The second-order valence-electron chi connectivity index (χ2n) is 7.73. The standard InChI is InChI=1S/C22H24N4O4/c27-21(10-5-17-15-16-3-1-2-4-20(16)23-22(17)28)25-13-11-24(12-14-25)18-6-8-19(9-7-18)26(29)30/h1-4,6-9,17H,5,10-15H2,(H,23,28). The van der Waals surface area contributed by atoms with Crippen molar-refractivity contribution in [1.29, 1.82) is 0 Å². The van der Waals surface area contributed by atoms with E-state index in [4.69, 9.17) is 0 Å². The number of carbonyl (C=O) groups is 2. The molecule has 2 amide bonds. The average molecular weight is 408 g/mol. The molecule has 0 saturated carbocycles. The van der Waals surface area contributed by atoms with Crippen LogP contribution in [0.2, 0.25) is 0 Å². The molecule has 4 rings (SSSR count). The van der Waals surface area contributed by atoms with Gasteiger partial charge in [-0.05, 0) is 36.6 Å². The highest BCUT2D eigenvalue weighted by atomic mass is 16.6. The molecule has 2 aliphatic rings. The lowest BCUT2D eigenvalue weighted by molar-refractivity contribution is -0.384. The molecule has 1 atom stereocenters. The molecule has 2 aromatic carbocycles. The number of rotatable bonds is 5. The molecule has 2 heterocycles. The van der Waals surface area contributed by atoms with E-state index in [1.165, 1.54) is 12.1 Å². The number of piperazine rings is 1. The van der Waals surface area contributed by atoms with E-state index >= 15 is 0 Å². The van der Waals surface area contributed by atoms with Crippen molar-refractivity contribution in [3.63, 3.8) is 0 Å². The van der Waals surface area contributed by atoms with Gasteiger partial charge in [-0.2, -0.15) is 0 Å². The molecule has 2 aromatic rings. The van der Waals surface area contributed by atoms with E-state index in [0.29, 0.717) is 45.4 Å². The summed E-state index contributed by atoms with van der Waals surface area (Å²) in [5.41, 5.74) is 2.98. The Balaban J connectivity index is 1.27. The highest BCUT2D eigenvalue weighted by Gasteiger charge is 2.28. The third-order valence-corrected chi connectivity index (χ3v) is 5.88. The Morgan fingerprint density at radius 2 is 1.77 bits per heavy atom. The number of nitro groups is 1. The molecule has 1 N–H and O–H groups in total. The van der Waals surface area contributed by atoms with Gasteiger partial charge in [0.15, 0.2) is 0 Å². The van der Waals surface area contributed by atoms with Crippen LogP contribution in [0.4, 0.5) is 17.1 Å². The molecule has 156 valence electrons. The summed E-state index contributed by atoms with van der Waals surface area (Å²) in [5.74, 6) is -0.111. The minimum Gasteiger partial charge on any atom is -0.368 e. The zero-order chi connectivity index (χ0) is 21.1. The molecule has 0 radical (unpaired) electrons. The number of nitrogens with zero attached hydrogens (tertiary/aromatic N) is 3. The van der Waals surface area contributed by atoms with E-state index in [-0.39, 0.29) is 23.4 Å². The number of nitrogens with one attached hydrogen (secondary N) is 1. The highest BCUT2D eigenvalue weighted by molar-refractivity contribution is 5.96. The van der Waals surface area contributed by atoms with Crippen molar-refractivity contribution in [2.75, 3.05) is 36.4 Å². The molecule has 0 spiro atoms. The Morgan fingerprint density at radius 1 is 1.07 bits per heavy atom. The molecule has 0 aliphatic carbocycles. The number of fused-ring (bicyclic) bond motifs is 1. The first-order valence-electron chi connectivity index (χ1n) is 10.2. The van der Waals surface area contributed by atoms with E-state index in [9.17, 15) is 19.7 Å². The second-order valence-corrected chi connectivity index (χ2v) is 7.73. The fourth-order valence-corrected chi connectivity index (χ4v) is 4.10. The number of nitro benzene ring substituents is 1. The molecule has 1 unspecified atom stereocenters. The normalized spacial score (nSPS) is 18.5. The molecule has 2 aliphatic heterocycles. The zero-order valence-corrected chi connectivity index (χ0v) is 16.6. The van der Waals surface area contributed by atoms with Gasteiger partial charge in [-0.25, -0.2) is 0 Å². The van der Waals surface area contributed by atoms with E-state index in [1.807, 2.05) is 29.2 Å². The molecule has 8 heteroatoms. The Kier molecular flexibility index (Phi) is 5.65. The van der Waals surface area contributed by atoms with E-state index in [0.717, 1.165) is 16.9 Å². The summed E-state index contributed by atoms with van der Waals surface area (Å²) >= 11 is 0. The van der Waals surface area contributed by atoms with Gasteiger partial charge in [0.05, 0.1) is 4.92 Å². The third-order valence-electron chi connectivity index (χ3n) is 5.88. The summed E-state index contributed by atoms with van der Waals surface area (Å²) < 4.78 is 0. The Labute approximate surface area is 174 Å². The minimum atomic E-state index is -0.411. The monoisotopic (exact) mass is 408 g/mol. The lowest BCUT2D eigenvalue weighted by Crippen LogP contribution is -2.49. The van der Waals surface area contributed by atoms with Crippen LogP contribution in [0.3, 0.4) is 0 Å². The van der Waals surface area contributed by atoms with Gasteiger partial charge in [0.25, 0.3) is 5.69 Å². The SMILES string of the molecule is O=C1Nc2ccccc2CC1CCC(=O)N1CCN(c2ccc([N+](=O)[O-])cc2)CC1. The number of carbonyl (C=O) groups excluding carboxylic acids is 2. The second kappa shape index (κ2) is 8.52. The van der Waals surface area contributed by atoms with Crippen molar-refractivity contribution in [3.05, 3.63) is 64.2 Å². The Hall–Kier alpha value is -3.42. The summed E-state index contributed by atoms with van der Waals surface area (Å²) in [6.45, 7) is 2.58. The topological polar surface area (TPSA) is 95.8 Å². The van der Waals surface area contributed by atoms with Crippen molar-refractivity contribution in [1.82, 2.24) is 4.90 Å². The van der Waals surface area contributed by atoms with Crippen LogP contribution in [0.15, 0.2) is 48.5 Å². The van der Waals surface area contributed by atoms with Crippen molar-refractivity contribution in [2.24, 2.45) is 5.92 Å². The van der Waals surface area contributed by atoms with Gasteiger partial charge < -0.3 is 15.1 Å². The molecule has 0 aromatic heterocycles. The molecule has 1 saturated heterocycles. The van der Waals surface area contributed by atoms with Crippen LogP contribution in [0.25, 0.3) is 0 Å². The Bertz CT molecular complexity index is 952. The fraction of sp³-hybridized carbons (Fsp3) is 0.364. The first kappa shape index (κ1) is 19.9. The average Bonchev–Trinajstić information content (AvgIpc) is 2.77. The van der Waals surface area contributed by atoms with Crippen molar-refractivity contribution < 1.29 is 14.5 Å². The third kappa shape index (κ3) is 4.27. The predicted molar refractivity (Wildman–Crippen MR) is 113 cm³/mol. The number of para-hydroxylation sites is 1. The van der Waals surface area contributed by atoms with Gasteiger partial charge >= 0.3 is 0 Å². The number of benzene rings is 2. The van der Waals surface area contributed by atoms with Crippen LogP contribution in [-0.2, 0) is 16.0 Å². The Morgan fingerprint density at radius 3 is 2.47 bits per heavy atom. The van der Waals surface area contributed by atoms with Crippen LogP contribution >= 0.6 is 0 Å². The van der Waals surface area contributed by atoms with Gasteiger partial charge in [0, 0.05) is 62.0 Å². The highest BCUT2D eigenvalue weighted by Crippen LogP contribution is 2.28. The summed E-state index contributed by atoms with van der Waals surface area (Å²) in [4.78, 5) is 39.3. The zero-order valence-electron chi connectivity index (χ0n) is 16.6. The summed E-state index contributed by atoms with van der Waals surface area (Å²) in [7, 11) is 0. The van der Waals surface area contributed by atoms with Crippen molar-refractivity contribution in [3.8, 4) is 0 Å². The largest absolute Gasteiger partial charge is 0.368 e. The molecule has 0 bridgehead atoms. The quantitative estimate of drug-likeness (QED) is 0.606. The molecular weight excluding hydrogens is 384 g/mol. The maximum Gasteiger partial charge on any atom is 0.269 e. The first-order valence-corrected chi connectivity index (χ1v) is 10.2. The number of hydrogen-bond donors (Lipinski definition) is 1. The molecular formula is C22H24N4O4. The van der Waals surface area contributed by atoms with E-state index in [1.54, 1.807) is 12.1 Å². The van der Waals surface area contributed by atoms with Crippen molar-refractivity contribution >= 4 is 28.9 Å². The van der Waals surface area contributed by atoms with Crippen LogP contribution in [-0.4, -0.2) is 47.8 Å². The van der Waals surface area contributed by atoms with Gasteiger partial charge in [0.2, 0.25) is 11.8 Å². The number of amides is 2. The summed E-state index contributed by atoms with van der Waals surface area (Å²) in [6, 6.07) is 14.3. The van der Waals surface area contributed by atoms with Gasteiger partial charge in [0.1, 0.15) is 0 Å². The van der Waals surface area contributed by atoms with Crippen LogP contribution in [0, 0.1) is 16.0 Å². The predicted octanol–water partition coefficient (Wildman–Crippen LogP) is 2.83. The summed E-state index contributed by atoms with van der Waals surface area (Å²) in [6.07, 6.45) is 1.57. The van der Waals surface area contributed by atoms with Crippen LogP contribution in [0.1, 0.15) is 18.4 Å². The molecule has 30 heavy (non-hydrogen) atoms. The minimum absolute atomic E-state index is 0.00973. The summed E-state index contributed by atoms with van der Waals surface area (Å²) in [5, 5.41) is 13.7. The van der Waals surface area contributed by atoms with Gasteiger partial charge in [-0.1, -0.05) is 18.2 Å². The van der Waals surface area contributed by atoms with E-state index < -0.39 is 4.92 Å². The first-order chi connectivity index (χ1) is 14.5. The number of anilines is 2. The molecule has 8 nitrogen and oxygen atoms in total. The van der Waals surface area contributed by atoms with Gasteiger partial charge in [-0.3, -0.25) is 19.7 Å². The van der Waals surface area contributed by atoms with Gasteiger partial charge in [-0.15, -0.1) is 0 Å². The number of hydrogen-bond acceptors (Lipinski definition) is 5. The maximum absolute atomic E-state index is 12.7.